The molecule has 4 heterocycles. The number of carbonyl (C=O) groups excluding carboxylic acids is 1. The van der Waals surface area contributed by atoms with E-state index in [1.807, 2.05) is 6.20 Å². The Labute approximate surface area is 193 Å². The summed E-state index contributed by atoms with van der Waals surface area (Å²) in [5.41, 5.74) is 0. The van der Waals surface area contributed by atoms with Crippen molar-refractivity contribution < 1.29 is 4.79 Å². The van der Waals surface area contributed by atoms with Crippen LogP contribution in [0.5, 0.6) is 0 Å². The van der Waals surface area contributed by atoms with Gasteiger partial charge in [0.05, 0.1) is 0 Å². The highest BCUT2D eigenvalue weighted by Gasteiger charge is 2.36. The molecule has 0 aromatic carbocycles. The van der Waals surface area contributed by atoms with Crippen molar-refractivity contribution in [2.24, 2.45) is 5.92 Å². The minimum absolute atomic E-state index is 0.350. The first-order chi connectivity index (χ1) is 15.8. The standard InChI is InChI=1S/C25H40N6O/c32-24(20-8-9-20)30-17-11-22(12-18-30)31-16-6-3-7-21(19-31)27-25-26-13-10-23(28-25)29-14-4-1-2-5-15-29/h10,13,20-22H,1-9,11-12,14-19H2,(H,26,27,28). The number of carbonyl (C=O) groups is 1. The van der Waals surface area contributed by atoms with E-state index in [1.54, 1.807) is 0 Å². The number of aromatic nitrogens is 2. The van der Waals surface area contributed by atoms with Crippen molar-refractivity contribution in [2.45, 2.75) is 82.7 Å². The Morgan fingerprint density at radius 3 is 2.38 bits per heavy atom. The lowest BCUT2D eigenvalue weighted by Gasteiger charge is -2.39. The molecule has 3 saturated heterocycles. The molecule has 7 nitrogen and oxygen atoms in total. The number of nitrogens with zero attached hydrogens (tertiary/aromatic N) is 5. The van der Waals surface area contributed by atoms with E-state index < -0.39 is 0 Å². The van der Waals surface area contributed by atoms with Gasteiger partial charge in [0.1, 0.15) is 5.82 Å². The van der Waals surface area contributed by atoms with Crippen LogP contribution in [0.15, 0.2) is 12.3 Å². The first kappa shape index (κ1) is 21.9. The summed E-state index contributed by atoms with van der Waals surface area (Å²) in [7, 11) is 0. The summed E-state index contributed by atoms with van der Waals surface area (Å²) in [6, 6.07) is 3.06. The summed E-state index contributed by atoms with van der Waals surface area (Å²) in [5.74, 6) is 2.62. The molecule has 1 amide bonds. The van der Waals surface area contributed by atoms with Gasteiger partial charge in [-0.05, 0) is 64.0 Å². The maximum Gasteiger partial charge on any atom is 0.225 e. The minimum atomic E-state index is 0.350. The van der Waals surface area contributed by atoms with E-state index in [0.717, 1.165) is 70.2 Å². The quantitative estimate of drug-likeness (QED) is 0.756. The van der Waals surface area contributed by atoms with Crippen molar-refractivity contribution in [3.8, 4) is 0 Å². The summed E-state index contributed by atoms with van der Waals surface area (Å²) < 4.78 is 0. The van der Waals surface area contributed by atoms with E-state index in [-0.39, 0.29) is 0 Å². The Kier molecular flexibility index (Phi) is 7.10. The van der Waals surface area contributed by atoms with Crippen LogP contribution in [-0.2, 0) is 4.79 Å². The summed E-state index contributed by atoms with van der Waals surface area (Å²) in [6.45, 7) is 6.32. The van der Waals surface area contributed by atoms with Crippen LogP contribution in [0.3, 0.4) is 0 Å². The molecular formula is C25H40N6O. The Morgan fingerprint density at radius 1 is 0.875 bits per heavy atom. The molecule has 32 heavy (non-hydrogen) atoms. The smallest absolute Gasteiger partial charge is 0.225 e. The maximum atomic E-state index is 12.4. The molecule has 1 aliphatic carbocycles. The number of hydrogen-bond acceptors (Lipinski definition) is 6. The van der Waals surface area contributed by atoms with Gasteiger partial charge in [-0.3, -0.25) is 9.69 Å². The van der Waals surface area contributed by atoms with Crippen molar-refractivity contribution >= 4 is 17.7 Å². The van der Waals surface area contributed by atoms with Gasteiger partial charge in [0.2, 0.25) is 11.9 Å². The Balaban J connectivity index is 1.17. The van der Waals surface area contributed by atoms with Crippen molar-refractivity contribution in [1.82, 2.24) is 19.8 Å². The highest BCUT2D eigenvalue weighted by molar-refractivity contribution is 5.81. The molecule has 0 radical (unpaired) electrons. The second-order valence-electron chi connectivity index (χ2n) is 10.3. The van der Waals surface area contributed by atoms with E-state index >= 15 is 0 Å². The normalized spacial score (nSPS) is 26.4. The molecule has 3 aliphatic heterocycles. The Morgan fingerprint density at radius 2 is 1.62 bits per heavy atom. The summed E-state index contributed by atoms with van der Waals surface area (Å²) in [4.78, 5) is 29.1. The molecule has 1 N–H and O–H groups in total. The summed E-state index contributed by atoms with van der Waals surface area (Å²) >= 11 is 0. The van der Waals surface area contributed by atoms with Crippen LogP contribution in [0.2, 0.25) is 0 Å². The fourth-order valence-electron chi connectivity index (χ4n) is 5.74. The predicted molar refractivity (Wildman–Crippen MR) is 128 cm³/mol. The lowest BCUT2D eigenvalue weighted by atomic mass is 10.0. The summed E-state index contributed by atoms with van der Waals surface area (Å²) in [6.07, 6.45) is 15.2. The zero-order valence-corrected chi connectivity index (χ0v) is 19.6. The highest BCUT2D eigenvalue weighted by Crippen LogP contribution is 2.32. The van der Waals surface area contributed by atoms with Crippen LogP contribution in [0.4, 0.5) is 11.8 Å². The molecule has 0 spiro atoms. The van der Waals surface area contributed by atoms with Crippen molar-refractivity contribution in [3.05, 3.63) is 12.3 Å². The van der Waals surface area contributed by atoms with Gasteiger partial charge in [-0.25, -0.2) is 4.98 Å². The molecule has 1 aromatic rings. The zero-order valence-electron chi connectivity index (χ0n) is 19.6. The fraction of sp³-hybridized carbons (Fsp3) is 0.800. The van der Waals surface area contributed by atoms with Gasteiger partial charge in [-0.1, -0.05) is 19.3 Å². The molecule has 176 valence electrons. The van der Waals surface area contributed by atoms with Gasteiger partial charge in [0.25, 0.3) is 0 Å². The van der Waals surface area contributed by atoms with E-state index in [0.29, 0.717) is 23.9 Å². The molecule has 1 unspecified atom stereocenters. The first-order valence-electron chi connectivity index (χ1n) is 13.1. The van der Waals surface area contributed by atoms with Crippen LogP contribution >= 0.6 is 0 Å². The third-order valence-electron chi connectivity index (χ3n) is 7.83. The van der Waals surface area contributed by atoms with Gasteiger partial charge in [0, 0.05) is 56.9 Å². The third kappa shape index (κ3) is 5.53. The average Bonchev–Trinajstić information content (AvgIpc) is 3.68. The average molecular weight is 441 g/mol. The van der Waals surface area contributed by atoms with Crippen LogP contribution in [0, 0.1) is 5.92 Å². The highest BCUT2D eigenvalue weighted by atomic mass is 16.2. The largest absolute Gasteiger partial charge is 0.356 e. The Bertz CT molecular complexity index is 753. The van der Waals surface area contributed by atoms with Crippen molar-refractivity contribution in [2.75, 3.05) is 49.5 Å². The number of amides is 1. The van der Waals surface area contributed by atoms with E-state index in [9.17, 15) is 4.79 Å². The molecule has 1 aromatic heterocycles. The first-order valence-corrected chi connectivity index (χ1v) is 13.1. The second kappa shape index (κ2) is 10.4. The van der Waals surface area contributed by atoms with Gasteiger partial charge in [-0.15, -0.1) is 0 Å². The molecule has 4 fully saturated rings. The minimum Gasteiger partial charge on any atom is -0.356 e. The van der Waals surface area contributed by atoms with Gasteiger partial charge < -0.3 is 15.1 Å². The van der Waals surface area contributed by atoms with E-state index in [1.165, 1.54) is 51.5 Å². The van der Waals surface area contributed by atoms with Gasteiger partial charge in [-0.2, -0.15) is 4.98 Å². The maximum absolute atomic E-state index is 12.4. The molecule has 0 bridgehead atoms. The van der Waals surface area contributed by atoms with Crippen LogP contribution in [-0.4, -0.2) is 77.0 Å². The number of nitrogens with one attached hydrogen (secondary N) is 1. The van der Waals surface area contributed by atoms with Crippen LogP contribution in [0.25, 0.3) is 0 Å². The monoisotopic (exact) mass is 440 g/mol. The van der Waals surface area contributed by atoms with Gasteiger partial charge in [0.15, 0.2) is 0 Å². The Hall–Kier alpha value is -1.89. The van der Waals surface area contributed by atoms with E-state index in [4.69, 9.17) is 4.98 Å². The SMILES string of the molecule is O=C(C1CC1)N1CCC(N2CCCCC(Nc3nccc(N4CCCCCC4)n3)C2)CC1. The lowest BCUT2D eigenvalue weighted by Crippen LogP contribution is -2.49. The van der Waals surface area contributed by atoms with Gasteiger partial charge >= 0.3 is 0 Å². The number of hydrogen-bond donors (Lipinski definition) is 1. The molecule has 1 atom stereocenters. The fourth-order valence-corrected chi connectivity index (χ4v) is 5.74. The topological polar surface area (TPSA) is 64.6 Å². The molecule has 5 rings (SSSR count). The summed E-state index contributed by atoms with van der Waals surface area (Å²) in [5, 5.41) is 3.68. The number of anilines is 2. The zero-order chi connectivity index (χ0) is 21.8. The van der Waals surface area contributed by atoms with Crippen LogP contribution < -0.4 is 10.2 Å². The number of likely N-dealkylation sites (tertiary alicyclic amines) is 2. The van der Waals surface area contributed by atoms with Crippen LogP contribution in [0.1, 0.15) is 70.6 Å². The second-order valence-corrected chi connectivity index (χ2v) is 10.3. The number of rotatable bonds is 5. The lowest BCUT2D eigenvalue weighted by molar-refractivity contribution is -0.134. The molecule has 7 heteroatoms. The molecular weight excluding hydrogens is 400 g/mol. The molecule has 4 aliphatic rings. The molecule has 1 saturated carbocycles. The van der Waals surface area contributed by atoms with Crippen molar-refractivity contribution in [3.63, 3.8) is 0 Å². The third-order valence-corrected chi connectivity index (χ3v) is 7.83. The van der Waals surface area contributed by atoms with Crippen molar-refractivity contribution in [1.29, 1.82) is 0 Å². The number of piperidine rings is 1. The predicted octanol–water partition coefficient (Wildman–Crippen LogP) is 3.52. The van der Waals surface area contributed by atoms with E-state index in [2.05, 4.69) is 31.1 Å².